The third-order valence-corrected chi connectivity index (χ3v) is 21.8. The van der Waals surface area contributed by atoms with Gasteiger partial charge in [0.25, 0.3) is 6.71 Å². The Bertz CT molecular complexity index is 5930. The lowest BCUT2D eigenvalue weighted by Crippen LogP contribution is -2.57. The molecule has 1 aliphatic carbocycles. The summed E-state index contributed by atoms with van der Waals surface area (Å²) in [4.78, 5) is 17.3. The molecular weight excluding hydrogens is 1320 g/mol. The van der Waals surface area contributed by atoms with E-state index in [9.17, 15) is 0 Å². The molecule has 0 spiro atoms. The van der Waals surface area contributed by atoms with E-state index in [1.54, 1.807) is 0 Å². The number of allylic oxidation sites excluding steroid dienone is 8. The Morgan fingerprint density at radius 3 is 1.23 bits per heavy atom. The number of fused-ring (bicyclic) bond motifs is 3. The Morgan fingerprint density at radius 2 is 0.780 bits per heavy atom. The number of aromatic nitrogens is 2. The molecule has 0 saturated heterocycles. The van der Waals surface area contributed by atoms with Gasteiger partial charge in [-0.25, -0.2) is 4.98 Å². The topological polar surface area (TPSA) is 32.3 Å². The van der Waals surface area contributed by atoms with Gasteiger partial charge in [0.1, 0.15) is 0 Å². The minimum Gasteiger partial charge on any atom is -0.313 e. The maximum atomic E-state index is 5.95. The Morgan fingerprint density at radius 1 is 0.385 bits per heavy atom. The minimum absolute atomic E-state index is 0.325. The largest absolute Gasteiger partial charge is 0.313 e. The Hall–Kier alpha value is -13.5. The molecule has 5 heteroatoms. The highest BCUT2D eigenvalue weighted by molar-refractivity contribution is 6.96. The lowest BCUT2D eigenvalue weighted by molar-refractivity contribution is 0.590. The van der Waals surface area contributed by atoms with Gasteiger partial charge < -0.3 is 9.80 Å². The summed E-state index contributed by atoms with van der Waals surface area (Å²) in [5.74, 6) is -0.325. The number of anilines is 5. The van der Waals surface area contributed by atoms with Crippen molar-refractivity contribution in [3.05, 3.63) is 429 Å². The van der Waals surface area contributed by atoms with Crippen molar-refractivity contribution in [2.24, 2.45) is 0 Å². The lowest BCUT2D eigenvalue weighted by atomic mass is 9.31. The van der Waals surface area contributed by atoms with Gasteiger partial charge in [0, 0.05) is 61.9 Å². The molecule has 0 bridgehead atoms. The van der Waals surface area contributed by atoms with Crippen LogP contribution in [0.2, 0.25) is 0 Å². The Kier molecular flexibility index (Phi) is 17.8. The predicted molar refractivity (Wildman–Crippen MR) is 462 cm³/mol. The monoisotopic (exact) mass is 1390 g/mol. The first-order valence-corrected chi connectivity index (χ1v) is 37.8. The van der Waals surface area contributed by atoms with Crippen molar-refractivity contribution in [2.75, 3.05) is 9.80 Å². The summed E-state index contributed by atoms with van der Waals surface area (Å²) in [6.45, 7) is 15.9. The van der Waals surface area contributed by atoms with Gasteiger partial charge in [-0.3, -0.25) is 4.98 Å². The standard InChI is InChI=1S/C104H79BN4/c1-6-7-37-70(2)80-60-89(95-58-35-56-93(106-95)78-52-31-15-32-53-78)102-91(66-80)105-92-67-83(73-42-21-10-22-43-73)65-90(96-59-36-57-94(107-96)79-54-33-16-34-55-79)103(92)109(101-87(76-48-27-13-28-49-76)63-82(72-40-19-9-20-41-72)64-88(101)77-50-29-14-30-51-77)98-69-84(104(3,4)5)68-97(99(98)105)108(102)100-85(74-44-23-11-24-45-74)61-81(71-38-17-8-18-39-71)62-86(100)75-46-25-12-26-47-75/h6-64,66-69,90H,1-2,65H2,3-5H3/b37-7-. The summed E-state index contributed by atoms with van der Waals surface area (Å²) in [5.41, 5.74) is 34.8. The fourth-order valence-electron chi connectivity index (χ4n) is 16.6. The van der Waals surface area contributed by atoms with Crippen LogP contribution < -0.4 is 20.7 Å². The van der Waals surface area contributed by atoms with Crippen LogP contribution in [0, 0.1) is 0 Å². The van der Waals surface area contributed by atoms with Crippen LogP contribution in [-0.2, 0) is 5.41 Å². The van der Waals surface area contributed by atoms with Gasteiger partial charge >= 0.3 is 0 Å². The van der Waals surface area contributed by atoms with E-state index in [1.165, 1.54) is 22.1 Å². The van der Waals surface area contributed by atoms with E-state index >= 15 is 0 Å². The van der Waals surface area contributed by atoms with Crippen LogP contribution in [0.4, 0.5) is 28.4 Å². The van der Waals surface area contributed by atoms with Crippen molar-refractivity contribution in [3.63, 3.8) is 0 Å². The summed E-state index contributed by atoms with van der Waals surface area (Å²) < 4.78 is 0. The number of hydrogen-bond acceptors (Lipinski definition) is 4. The fraction of sp³-hybridized carbons (Fsp3) is 0.0577. The molecule has 0 radical (unpaired) electrons. The van der Waals surface area contributed by atoms with E-state index in [0.29, 0.717) is 6.42 Å². The molecule has 18 rings (SSSR count). The Balaban J connectivity index is 1.08. The minimum atomic E-state index is -0.435. The summed E-state index contributed by atoms with van der Waals surface area (Å²) >= 11 is 0. The molecule has 15 aromatic rings. The van der Waals surface area contributed by atoms with Crippen LogP contribution in [0.15, 0.2) is 407 Å². The second-order valence-electron chi connectivity index (χ2n) is 29.6. The molecule has 1 atom stereocenters. The number of pyridine rings is 2. The molecule has 109 heavy (non-hydrogen) atoms. The normalized spacial score (nSPS) is 13.7. The molecule has 0 amide bonds. The molecule has 0 N–H and O–H groups in total. The molecule has 3 aliphatic rings. The van der Waals surface area contributed by atoms with Crippen LogP contribution in [0.3, 0.4) is 0 Å². The average Bonchev–Trinajstić information content (AvgIpc) is 0.678. The highest BCUT2D eigenvalue weighted by Gasteiger charge is 2.50. The first kappa shape index (κ1) is 67.4. The van der Waals surface area contributed by atoms with E-state index in [-0.39, 0.29) is 5.92 Å². The molecule has 0 saturated carbocycles. The maximum Gasteiger partial charge on any atom is 0.251 e. The maximum absolute atomic E-state index is 5.95. The molecule has 518 valence electrons. The SMILES string of the molecule is C=C/C=C\C(=C)c1cc2c(c(-c3cccc(-c4ccccc4)n3)c1)N(c1c(-c3ccccc3)cc(-c3ccccc3)cc1-c1ccccc1)c1cc(C(C)(C)C)cc3c1B2C1=C(C(c2cccc(-c4ccccc4)n2)CC(c2ccccc2)=C1)N3c1c(-c2ccccc2)cc(-c2ccccc2)cc1-c1ccccc1. The smallest absolute Gasteiger partial charge is 0.251 e. The number of rotatable bonds is 16. The lowest BCUT2D eigenvalue weighted by Gasteiger charge is -2.50. The van der Waals surface area contributed by atoms with Crippen molar-refractivity contribution < 1.29 is 0 Å². The average molecular weight is 1400 g/mol. The van der Waals surface area contributed by atoms with Crippen molar-refractivity contribution in [2.45, 2.75) is 38.5 Å². The van der Waals surface area contributed by atoms with Gasteiger partial charge in [0.2, 0.25) is 0 Å². The first-order valence-electron chi connectivity index (χ1n) is 37.8. The summed E-state index contributed by atoms with van der Waals surface area (Å²) in [6, 6.07) is 132. The van der Waals surface area contributed by atoms with Crippen LogP contribution in [-0.4, -0.2) is 16.7 Å². The van der Waals surface area contributed by atoms with Crippen molar-refractivity contribution in [1.29, 1.82) is 0 Å². The highest BCUT2D eigenvalue weighted by atomic mass is 15.2. The number of nitrogens with zero attached hydrogens (tertiary/aromatic N) is 4. The molecule has 2 aliphatic heterocycles. The van der Waals surface area contributed by atoms with Crippen molar-refractivity contribution >= 4 is 57.2 Å². The van der Waals surface area contributed by atoms with Gasteiger partial charge in [0.05, 0.1) is 39.8 Å². The summed E-state index contributed by atoms with van der Waals surface area (Å²) in [6.07, 6.45) is 9.19. The summed E-state index contributed by atoms with van der Waals surface area (Å²) in [7, 11) is 0. The zero-order valence-electron chi connectivity index (χ0n) is 61.4. The van der Waals surface area contributed by atoms with E-state index in [0.717, 1.165) is 163 Å². The quantitative estimate of drug-likeness (QED) is 0.0713. The van der Waals surface area contributed by atoms with E-state index in [4.69, 9.17) is 16.5 Å². The van der Waals surface area contributed by atoms with E-state index < -0.39 is 12.1 Å². The second kappa shape index (κ2) is 28.8. The molecule has 0 fully saturated rings. The predicted octanol–water partition coefficient (Wildman–Crippen LogP) is 26.1. The Labute approximate surface area is 640 Å². The molecular formula is C104H79BN4. The van der Waals surface area contributed by atoms with Gasteiger partial charge in [-0.2, -0.15) is 0 Å². The zero-order chi connectivity index (χ0) is 73.5. The van der Waals surface area contributed by atoms with Gasteiger partial charge in [-0.1, -0.05) is 349 Å². The van der Waals surface area contributed by atoms with Crippen LogP contribution in [0.5, 0.6) is 0 Å². The fourth-order valence-corrected chi connectivity index (χ4v) is 16.6. The second-order valence-corrected chi connectivity index (χ2v) is 29.6. The molecule has 4 heterocycles. The van der Waals surface area contributed by atoms with Crippen molar-refractivity contribution in [3.8, 4) is 101 Å². The number of hydrogen-bond donors (Lipinski definition) is 0. The molecule has 4 nitrogen and oxygen atoms in total. The molecule has 13 aromatic carbocycles. The van der Waals surface area contributed by atoms with Crippen LogP contribution >= 0.6 is 0 Å². The van der Waals surface area contributed by atoms with Crippen molar-refractivity contribution in [1.82, 2.24) is 9.97 Å². The summed E-state index contributed by atoms with van der Waals surface area (Å²) in [5, 5.41) is 0. The van der Waals surface area contributed by atoms with Gasteiger partial charge in [0.15, 0.2) is 0 Å². The van der Waals surface area contributed by atoms with Gasteiger partial charge in [-0.05, 0) is 167 Å². The van der Waals surface area contributed by atoms with Gasteiger partial charge in [-0.15, -0.1) is 0 Å². The number of benzene rings is 13. The zero-order valence-corrected chi connectivity index (χ0v) is 61.4. The third-order valence-electron chi connectivity index (χ3n) is 21.8. The van der Waals surface area contributed by atoms with E-state index in [2.05, 4.69) is 407 Å². The highest BCUT2D eigenvalue weighted by Crippen LogP contribution is 2.59. The molecule has 1 unspecified atom stereocenters. The first-order chi connectivity index (χ1) is 53.6. The van der Waals surface area contributed by atoms with E-state index in [1.807, 2.05) is 12.2 Å². The van der Waals surface area contributed by atoms with Crippen LogP contribution in [0.1, 0.15) is 55.5 Å². The van der Waals surface area contributed by atoms with Crippen LogP contribution in [0.25, 0.3) is 112 Å². The molecule has 2 aromatic heterocycles. The third kappa shape index (κ3) is 12.7.